The molecule has 2 aromatic rings. The Morgan fingerprint density at radius 3 is 2.56 bits per heavy atom. The number of aliphatic hydroxyl groups is 1. The molecular weight excluding hydrogens is 408 g/mol. The smallest absolute Gasteiger partial charge is 0.161 e. The molecule has 1 saturated heterocycles. The lowest BCUT2D eigenvalue weighted by Crippen LogP contribution is -2.38. The van der Waals surface area contributed by atoms with Crippen molar-refractivity contribution in [2.24, 2.45) is 0 Å². The summed E-state index contributed by atoms with van der Waals surface area (Å²) < 4.78 is 22.9. The molecule has 0 aromatic heterocycles. The van der Waals surface area contributed by atoms with Gasteiger partial charge in [0, 0.05) is 32.7 Å². The molecule has 1 fully saturated rings. The van der Waals surface area contributed by atoms with Gasteiger partial charge in [0.1, 0.15) is 25.1 Å². The first kappa shape index (κ1) is 24.3. The number of hydrogen-bond donors (Lipinski definition) is 1. The fraction of sp³-hybridized carbons (Fsp3) is 0.520. The Bertz CT molecular complexity index is 783. The minimum Gasteiger partial charge on any atom is -0.491 e. The Kier molecular flexibility index (Phi) is 10.1. The zero-order chi connectivity index (χ0) is 22.6. The number of para-hydroxylation sites is 1. The Morgan fingerprint density at radius 2 is 1.81 bits per heavy atom. The van der Waals surface area contributed by atoms with Crippen molar-refractivity contribution >= 4 is 0 Å². The number of morpholine rings is 1. The third-order valence-corrected chi connectivity index (χ3v) is 5.24. The fourth-order valence-corrected chi connectivity index (χ4v) is 3.65. The highest BCUT2D eigenvalue weighted by Gasteiger charge is 2.14. The molecule has 1 heterocycles. The SMILES string of the molecule is CCOc1cc(CN(C)CC(O)COc2ccccc2)ccc1OCCN1CCOCC1. The van der Waals surface area contributed by atoms with Gasteiger partial charge in [-0.25, -0.2) is 0 Å². The summed E-state index contributed by atoms with van der Waals surface area (Å²) >= 11 is 0. The van der Waals surface area contributed by atoms with Crippen LogP contribution in [0.15, 0.2) is 48.5 Å². The highest BCUT2D eigenvalue weighted by Crippen LogP contribution is 2.29. The molecule has 0 bridgehead atoms. The average molecular weight is 445 g/mol. The standard InChI is InChI=1S/C25H36N2O5/c1-3-30-25-17-21(9-10-24(25)31-16-13-27-11-14-29-15-12-27)18-26(2)19-22(28)20-32-23-7-5-4-6-8-23/h4-10,17,22,28H,3,11-16,18-20H2,1-2H3. The predicted molar refractivity (Wildman–Crippen MR) is 125 cm³/mol. The van der Waals surface area contributed by atoms with Gasteiger partial charge in [0.05, 0.1) is 19.8 Å². The van der Waals surface area contributed by atoms with Crippen molar-refractivity contribution in [3.8, 4) is 17.2 Å². The summed E-state index contributed by atoms with van der Waals surface area (Å²) in [5, 5.41) is 10.3. The van der Waals surface area contributed by atoms with Crippen LogP contribution in [0.1, 0.15) is 12.5 Å². The molecule has 1 aliphatic heterocycles. The van der Waals surface area contributed by atoms with E-state index in [0.29, 0.717) is 26.3 Å². The zero-order valence-corrected chi connectivity index (χ0v) is 19.2. The Morgan fingerprint density at radius 1 is 1.03 bits per heavy atom. The van der Waals surface area contributed by atoms with Crippen LogP contribution in [-0.4, -0.2) is 87.3 Å². The maximum atomic E-state index is 10.3. The topological polar surface area (TPSA) is 63.6 Å². The van der Waals surface area contributed by atoms with E-state index < -0.39 is 6.10 Å². The van der Waals surface area contributed by atoms with Gasteiger partial charge in [0.15, 0.2) is 11.5 Å². The summed E-state index contributed by atoms with van der Waals surface area (Å²) in [4.78, 5) is 4.42. The van der Waals surface area contributed by atoms with Crippen LogP contribution in [0.3, 0.4) is 0 Å². The molecule has 0 saturated carbocycles. The molecule has 0 spiro atoms. The molecule has 2 aromatic carbocycles. The van der Waals surface area contributed by atoms with Gasteiger partial charge in [-0.05, 0) is 43.8 Å². The summed E-state index contributed by atoms with van der Waals surface area (Å²) in [6.45, 7) is 8.99. The van der Waals surface area contributed by atoms with Gasteiger partial charge >= 0.3 is 0 Å². The van der Waals surface area contributed by atoms with E-state index in [9.17, 15) is 5.11 Å². The summed E-state index contributed by atoms with van der Waals surface area (Å²) in [5.74, 6) is 2.29. The van der Waals surface area contributed by atoms with Crippen LogP contribution in [0.4, 0.5) is 0 Å². The van der Waals surface area contributed by atoms with Crippen molar-refractivity contribution in [2.45, 2.75) is 19.6 Å². The molecule has 7 heteroatoms. The lowest BCUT2D eigenvalue weighted by molar-refractivity contribution is 0.0320. The van der Waals surface area contributed by atoms with E-state index in [0.717, 1.165) is 55.7 Å². The molecule has 1 atom stereocenters. The van der Waals surface area contributed by atoms with E-state index in [1.165, 1.54) is 0 Å². The number of aliphatic hydroxyl groups excluding tert-OH is 1. The van der Waals surface area contributed by atoms with E-state index >= 15 is 0 Å². The first-order valence-electron chi connectivity index (χ1n) is 11.4. The maximum Gasteiger partial charge on any atom is 0.161 e. The molecule has 7 nitrogen and oxygen atoms in total. The molecular formula is C25H36N2O5. The fourth-order valence-electron chi connectivity index (χ4n) is 3.65. The predicted octanol–water partition coefficient (Wildman–Crippen LogP) is 2.67. The van der Waals surface area contributed by atoms with Crippen molar-refractivity contribution in [1.29, 1.82) is 0 Å². The molecule has 3 rings (SSSR count). The second-order valence-electron chi connectivity index (χ2n) is 7.99. The second-order valence-corrected chi connectivity index (χ2v) is 7.99. The number of nitrogens with zero attached hydrogens (tertiary/aromatic N) is 2. The number of rotatable bonds is 13. The van der Waals surface area contributed by atoms with Gasteiger partial charge in [0.25, 0.3) is 0 Å². The van der Waals surface area contributed by atoms with Crippen LogP contribution in [-0.2, 0) is 11.3 Å². The third kappa shape index (κ3) is 8.31. The largest absolute Gasteiger partial charge is 0.491 e. The zero-order valence-electron chi connectivity index (χ0n) is 19.2. The molecule has 0 radical (unpaired) electrons. The quantitative estimate of drug-likeness (QED) is 0.510. The molecule has 32 heavy (non-hydrogen) atoms. The van der Waals surface area contributed by atoms with Gasteiger partial charge in [0.2, 0.25) is 0 Å². The summed E-state index contributed by atoms with van der Waals surface area (Å²) in [5.41, 5.74) is 1.10. The van der Waals surface area contributed by atoms with E-state index in [4.69, 9.17) is 18.9 Å². The lowest BCUT2D eigenvalue weighted by atomic mass is 10.2. The van der Waals surface area contributed by atoms with E-state index in [1.807, 2.05) is 56.4 Å². The van der Waals surface area contributed by atoms with Crippen LogP contribution in [0, 0.1) is 0 Å². The summed E-state index contributed by atoms with van der Waals surface area (Å²) in [7, 11) is 1.98. The Hall–Kier alpha value is -2.32. The second kappa shape index (κ2) is 13.3. The molecule has 1 aliphatic rings. The van der Waals surface area contributed by atoms with Crippen LogP contribution in [0.5, 0.6) is 17.2 Å². The first-order valence-corrected chi connectivity index (χ1v) is 11.4. The van der Waals surface area contributed by atoms with Gasteiger partial charge in [-0.15, -0.1) is 0 Å². The summed E-state index contributed by atoms with van der Waals surface area (Å²) in [6, 6.07) is 15.6. The third-order valence-electron chi connectivity index (χ3n) is 5.24. The number of ether oxygens (including phenoxy) is 4. The van der Waals surface area contributed by atoms with Crippen molar-refractivity contribution < 1.29 is 24.1 Å². The maximum absolute atomic E-state index is 10.3. The van der Waals surface area contributed by atoms with Crippen molar-refractivity contribution in [3.05, 3.63) is 54.1 Å². The van der Waals surface area contributed by atoms with Gasteiger partial charge in [-0.1, -0.05) is 24.3 Å². The lowest BCUT2D eigenvalue weighted by Gasteiger charge is -2.26. The van der Waals surface area contributed by atoms with Crippen LogP contribution in [0.2, 0.25) is 0 Å². The van der Waals surface area contributed by atoms with Crippen LogP contribution < -0.4 is 14.2 Å². The molecule has 176 valence electrons. The highest BCUT2D eigenvalue weighted by atomic mass is 16.5. The van der Waals surface area contributed by atoms with Crippen molar-refractivity contribution in [3.63, 3.8) is 0 Å². The van der Waals surface area contributed by atoms with E-state index in [1.54, 1.807) is 0 Å². The average Bonchev–Trinajstić information content (AvgIpc) is 2.80. The number of benzene rings is 2. The Labute approximate surface area is 191 Å². The molecule has 0 aliphatic carbocycles. The normalized spacial score (nSPS) is 15.5. The van der Waals surface area contributed by atoms with Gasteiger partial charge < -0.3 is 24.1 Å². The monoisotopic (exact) mass is 444 g/mol. The van der Waals surface area contributed by atoms with Crippen molar-refractivity contribution in [1.82, 2.24) is 9.80 Å². The number of hydrogen-bond acceptors (Lipinski definition) is 7. The highest BCUT2D eigenvalue weighted by molar-refractivity contribution is 5.43. The van der Waals surface area contributed by atoms with Gasteiger partial charge in [-0.3, -0.25) is 9.80 Å². The minimum absolute atomic E-state index is 0.258. The summed E-state index contributed by atoms with van der Waals surface area (Å²) in [6.07, 6.45) is -0.575. The minimum atomic E-state index is -0.575. The van der Waals surface area contributed by atoms with Crippen LogP contribution >= 0.6 is 0 Å². The molecule has 1 N–H and O–H groups in total. The molecule has 1 unspecified atom stereocenters. The van der Waals surface area contributed by atoms with E-state index in [-0.39, 0.29) is 6.61 Å². The number of likely N-dealkylation sites (N-methyl/N-ethyl adjacent to an activating group) is 1. The van der Waals surface area contributed by atoms with Crippen LogP contribution in [0.25, 0.3) is 0 Å². The first-order chi connectivity index (χ1) is 15.6. The van der Waals surface area contributed by atoms with Gasteiger partial charge in [-0.2, -0.15) is 0 Å². The molecule has 0 amide bonds. The Balaban J connectivity index is 1.46. The van der Waals surface area contributed by atoms with Crippen molar-refractivity contribution in [2.75, 3.05) is 66.3 Å². The van der Waals surface area contributed by atoms with E-state index in [2.05, 4.69) is 15.9 Å².